The summed E-state index contributed by atoms with van der Waals surface area (Å²) in [6, 6.07) is 4.14. The first-order valence-corrected chi connectivity index (χ1v) is 8.78. The third kappa shape index (κ3) is 5.74. The van der Waals surface area contributed by atoms with Crippen LogP contribution in [-0.2, 0) is 4.79 Å². The number of amides is 3. The molecule has 1 aromatic rings. The van der Waals surface area contributed by atoms with Gasteiger partial charge < -0.3 is 10.1 Å². The summed E-state index contributed by atoms with van der Waals surface area (Å²) in [5, 5.41) is 5.50. The summed E-state index contributed by atoms with van der Waals surface area (Å²) in [6.45, 7) is 3.12. The molecule has 7 heteroatoms. The van der Waals surface area contributed by atoms with Crippen LogP contribution in [0.3, 0.4) is 0 Å². The molecule has 3 amide bonds. The number of ether oxygens (including phenoxy) is 1. The van der Waals surface area contributed by atoms with Gasteiger partial charge in [-0.05, 0) is 43.9 Å². The Labute approximate surface area is 152 Å². The molecule has 1 aliphatic rings. The summed E-state index contributed by atoms with van der Waals surface area (Å²) >= 11 is 5.86. The second-order valence-corrected chi connectivity index (χ2v) is 6.81. The zero-order chi connectivity index (χ0) is 18.4. The second kappa shape index (κ2) is 8.85. The van der Waals surface area contributed by atoms with Gasteiger partial charge >= 0.3 is 6.03 Å². The van der Waals surface area contributed by atoms with E-state index in [1.54, 1.807) is 6.07 Å². The Morgan fingerprint density at radius 1 is 1.24 bits per heavy atom. The van der Waals surface area contributed by atoms with Crippen LogP contribution in [0.5, 0.6) is 5.75 Å². The molecule has 1 aliphatic carbocycles. The largest absolute Gasteiger partial charge is 0.483 e. The van der Waals surface area contributed by atoms with E-state index >= 15 is 0 Å². The molecular weight excluding hydrogens is 344 g/mol. The van der Waals surface area contributed by atoms with Crippen molar-refractivity contribution in [3.63, 3.8) is 0 Å². The highest BCUT2D eigenvalue weighted by atomic mass is 35.5. The molecule has 2 N–H and O–H groups in total. The normalized spacial score (nSPS) is 19.8. The van der Waals surface area contributed by atoms with Gasteiger partial charge in [0, 0.05) is 11.1 Å². The Hall–Kier alpha value is -2.08. The van der Waals surface area contributed by atoms with Gasteiger partial charge in [-0.25, -0.2) is 4.79 Å². The highest BCUT2D eigenvalue weighted by molar-refractivity contribution is 6.31. The number of rotatable bonds is 5. The highest BCUT2D eigenvalue weighted by Gasteiger charge is 2.23. The third-order valence-corrected chi connectivity index (χ3v) is 4.60. The molecule has 0 spiro atoms. The van der Waals surface area contributed by atoms with Crippen molar-refractivity contribution < 1.29 is 19.1 Å². The Morgan fingerprint density at radius 3 is 2.64 bits per heavy atom. The van der Waals surface area contributed by atoms with Crippen LogP contribution in [0.2, 0.25) is 5.02 Å². The summed E-state index contributed by atoms with van der Waals surface area (Å²) in [6.07, 6.45) is 4.25. The van der Waals surface area contributed by atoms with Crippen molar-refractivity contribution in [2.75, 3.05) is 6.61 Å². The van der Waals surface area contributed by atoms with Gasteiger partial charge in [-0.15, -0.1) is 0 Å². The zero-order valence-electron chi connectivity index (χ0n) is 14.4. The summed E-state index contributed by atoms with van der Waals surface area (Å²) in [5.74, 6) is -0.140. The van der Waals surface area contributed by atoms with E-state index in [2.05, 4.69) is 17.6 Å². The fraction of sp³-hybridized carbons (Fsp3) is 0.500. The molecular formula is C18H23ClN2O4. The van der Waals surface area contributed by atoms with Crippen molar-refractivity contribution in [2.45, 2.75) is 45.6 Å². The maximum absolute atomic E-state index is 11.9. The molecule has 0 unspecified atom stereocenters. The van der Waals surface area contributed by atoms with Crippen LogP contribution in [0.1, 0.15) is 49.9 Å². The minimum absolute atomic E-state index is 0.0862. The standard InChI is InChI=1S/C18H23ClN2O4/c1-11-5-3-4-6-15(11)20-18(24)21-17(23)10-25-16-8-7-13(19)9-14(16)12(2)22/h7-9,11,15H,3-6,10H2,1-2H3,(H2,20,21,23,24)/t11-,15+/m1/s1. The van der Waals surface area contributed by atoms with E-state index < -0.39 is 11.9 Å². The van der Waals surface area contributed by atoms with Crippen LogP contribution in [-0.4, -0.2) is 30.4 Å². The van der Waals surface area contributed by atoms with Crippen LogP contribution in [0.4, 0.5) is 4.79 Å². The van der Waals surface area contributed by atoms with Crippen molar-refractivity contribution in [3.05, 3.63) is 28.8 Å². The number of hydrogen-bond acceptors (Lipinski definition) is 4. The lowest BCUT2D eigenvalue weighted by Crippen LogP contribution is -2.48. The molecule has 0 heterocycles. The fourth-order valence-corrected chi connectivity index (χ4v) is 3.12. The van der Waals surface area contributed by atoms with Crippen molar-refractivity contribution in [3.8, 4) is 5.75 Å². The average molecular weight is 367 g/mol. The molecule has 1 saturated carbocycles. The lowest BCUT2D eigenvalue weighted by molar-refractivity contribution is -0.122. The predicted molar refractivity (Wildman–Crippen MR) is 95.0 cm³/mol. The third-order valence-electron chi connectivity index (χ3n) is 4.36. The maximum Gasteiger partial charge on any atom is 0.321 e. The van der Waals surface area contributed by atoms with Crippen LogP contribution in [0.15, 0.2) is 18.2 Å². The molecule has 2 rings (SSSR count). The summed E-state index contributed by atoms with van der Waals surface area (Å²) in [5.41, 5.74) is 0.292. The topological polar surface area (TPSA) is 84.5 Å². The fourth-order valence-electron chi connectivity index (χ4n) is 2.94. The Kier molecular flexibility index (Phi) is 6.82. The van der Waals surface area contributed by atoms with Gasteiger partial charge in [0.05, 0.1) is 5.56 Å². The molecule has 136 valence electrons. The SMILES string of the molecule is CC(=O)c1cc(Cl)ccc1OCC(=O)NC(=O)N[C@H]1CCCC[C@H]1C. The van der Waals surface area contributed by atoms with Crippen LogP contribution >= 0.6 is 11.6 Å². The quantitative estimate of drug-likeness (QED) is 0.783. The molecule has 0 aromatic heterocycles. The van der Waals surface area contributed by atoms with Crippen molar-refractivity contribution in [1.82, 2.24) is 10.6 Å². The molecule has 0 saturated heterocycles. The molecule has 0 aliphatic heterocycles. The Balaban J connectivity index is 1.84. The van der Waals surface area contributed by atoms with E-state index in [1.807, 2.05) is 0 Å². The predicted octanol–water partition coefficient (Wildman–Crippen LogP) is 3.33. The van der Waals surface area contributed by atoms with Crippen LogP contribution in [0, 0.1) is 5.92 Å². The van der Waals surface area contributed by atoms with E-state index in [0.29, 0.717) is 16.5 Å². The molecule has 1 fully saturated rings. The minimum Gasteiger partial charge on any atom is -0.483 e. The number of ketones is 1. The molecule has 1 aromatic carbocycles. The monoisotopic (exact) mass is 366 g/mol. The Bertz CT molecular complexity index is 662. The van der Waals surface area contributed by atoms with Gasteiger partial charge in [0.2, 0.25) is 0 Å². The zero-order valence-corrected chi connectivity index (χ0v) is 15.2. The number of Topliss-reactive ketones (excluding diaryl/α,β-unsaturated/α-hetero) is 1. The molecule has 0 radical (unpaired) electrons. The molecule has 0 bridgehead atoms. The van der Waals surface area contributed by atoms with Gasteiger partial charge in [-0.2, -0.15) is 0 Å². The Morgan fingerprint density at radius 2 is 1.96 bits per heavy atom. The molecule has 25 heavy (non-hydrogen) atoms. The average Bonchev–Trinajstić information content (AvgIpc) is 2.55. The van der Waals surface area contributed by atoms with Crippen molar-refractivity contribution in [2.24, 2.45) is 5.92 Å². The first-order valence-electron chi connectivity index (χ1n) is 8.40. The summed E-state index contributed by atoms with van der Waals surface area (Å²) in [7, 11) is 0. The lowest BCUT2D eigenvalue weighted by atomic mass is 9.86. The van der Waals surface area contributed by atoms with Crippen molar-refractivity contribution in [1.29, 1.82) is 0 Å². The maximum atomic E-state index is 11.9. The summed E-state index contributed by atoms with van der Waals surface area (Å²) < 4.78 is 5.36. The van der Waals surface area contributed by atoms with E-state index in [4.69, 9.17) is 16.3 Å². The van der Waals surface area contributed by atoms with Gasteiger partial charge in [-0.3, -0.25) is 14.9 Å². The number of carbonyl (C=O) groups is 3. The number of hydrogen-bond donors (Lipinski definition) is 2. The van der Waals surface area contributed by atoms with E-state index in [9.17, 15) is 14.4 Å². The number of halogens is 1. The van der Waals surface area contributed by atoms with E-state index in [0.717, 1.165) is 19.3 Å². The number of benzene rings is 1. The van der Waals surface area contributed by atoms with Crippen LogP contribution < -0.4 is 15.4 Å². The van der Waals surface area contributed by atoms with Gasteiger partial charge in [-0.1, -0.05) is 31.4 Å². The second-order valence-electron chi connectivity index (χ2n) is 6.38. The lowest BCUT2D eigenvalue weighted by Gasteiger charge is -2.29. The van der Waals surface area contributed by atoms with E-state index in [1.165, 1.54) is 25.5 Å². The van der Waals surface area contributed by atoms with Crippen molar-refractivity contribution >= 4 is 29.3 Å². The van der Waals surface area contributed by atoms with Gasteiger partial charge in [0.15, 0.2) is 12.4 Å². The molecule has 6 nitrogen and oxygen atoms in total. The number of nitrogens with one attached hydrogen (secondary N) is 2. The van der Waals surface area contributed by atoms with E-state index in [-0.39, 0.29) is 24.2 Å². The smallest absolute Gasteiger partial charge is 0.321 e. The first kappa shape index (κ1) is 19.2. The number of imide groups is 1. The first-order chi connectivity index (χ1) is 11.9. The van der Waals surface area contributed by atoms with Crippen LogP contribution in [0.25, 0.3) is 0 Å². The van der Waals surface area contributed by atoms with Gasteiger partial charge in [0.1, 0.15) is 5.75 Å². The highest BCUT2D eigenvalue weighted by Crippen LogP contribution is 2.24. The molecule has 2 atom stereocenters. The number of carbonyl (C=O) groups excluding carboxylic acids is 3. The minimum atomic E-state index is -0.578. The van der Waals surface area contributed by atoms with Gasteiger partial charge in [0.25, 0.3) is 5.91 Å². The summed E-state index contributed by atoms with van der Waals surface area (Å²) in [4.78, 5) is 35.4. The number of urea groups is 1.